The summed E-state index contributed by atoms with van der Waals surface area (Å²) in [5, 5.41) is 7.83. The zero-order valence-corrected chi connectivity index (χ0v) is 25.0. The number of nitrogens with one attached hydrogen (secondary N) is 3. The van der Waals surface area contributed by atoms with E-state index in [1.807, 2.05) is 0 Å². The van der Waals surface area contributed by atoms with Gasteiger partial charge in [0.05, 0.1) is 44.8 Å². The third-order valence-corrected chi connectivity index (χ3v) is 9.01. The van der Waals surface area contributed by atoms with E-state index in [9.17, 15) is 18.8 Å². The van der Waals surface area contributed by atoms with E-state index in [4.69, 9.17) is 62.7 Å². The Bertz CT molecular complexity index is 1600. The molecule has 3 aromatic carbocycles. The van der Waals surface area contributed by atoms with E-state index < -0.39 is 62.8 Å². The van der Waals surface area contributed by atoms with Gasteiger partial charge in [0, 0.05) is 18.2 Å². The molecule has 1 aliphatic carbocycles. The minimum atomic E-state index is -1.41. The standard InChI is InChI=1S/C28H20Cl5F2N3O4/c29-16-4-2-14(36-27(41)22-21(28(22,32)33)12-1-3-17(30)18(31)9-12)10-15(16)26(40)37-20-6-5-19(34)24(23(20)35)38-25(39)13-7-8-42-11-13/h1-6,9-10,13,21-22H,7-8,11H2,(H,36,41)(H,37,40)(H,38,39)/t13-,21-,22+/m0/s1. The largest absolute Gasteiger partial charge is 0.381 e. The minimum absolute atomic E-state index is 0.00748. The molecule has 3 aromatic rings. The fraction of sp³-hybridized carbons (Fsp3) is 0.250. The Morgan fingerprint density at radius 1 is 0.857 bits per heavy atom. The second kappa shape index (κ2) is 12.1. The highest BCUT2D eigenvalue weighted by Gasteiger charge is 2.67. The summed E-state index contributed by atoms with van der Waals surface area (Å²) >= 11 is 31.1. The van der Waals surface area contributed by atoms with Crippen LogP contribution in [0.4, 0.5) is 25.8 Å². The number of hydrogen-bond acceptors (Lipinski definition) is 4. The van der Waals surface area contributed by atoms with E-state index in [2.05, 4.69) is 16.0 Å². The SMILES string of the molecule is O=C(Nc1ccc(F)c(NC(=O)[C@H]2CCOC2)c1F)c1cc(NC(=O)[C@H]2[C@H](c3ccc(Cl)c(Cl)c3)C2(Cl)Cl)ccc1Cl. The van der Waals surface area contributed by atoms with Gasteiger partial charge in [-0.2, -0.15) is 0 Å². The molecule has 0 bridgehead atoms. The molecule has 1 aliphatic heterocycles. The molecule has 2 fully saturated rings. The van der Waals surface area contributed by atoms with Crippen molar-refractivity contribution in [1.82, 2.24) is 0 Å². The molecule has 2 aliphatic rings. The van der Waals surface area contributed by atoms with Crippen LogP contribution >= 0.6 is 58.0 Å². The Kier molecular flexibility index (Phi) is 8.90. The molecule has 14 heteroatoms. The molecule has 3 N–H and O–H groups in total. The van der Waals surface area contributed by atoms with Gasteiger partial charge in [-0.25, -0.2) is 8.78 Å². The van der Waals surface area contributed by atoms with Crippen LogP contribution in [0.5, 0.6) is 0 Å². The monoisotopic (exact) mass is 675 g/mol. The molecule has 5 rings (SSSR count). The Morgan fingerprint density at radius 2 is 1.60 bits per heavy atom. The van der Waals surface area contributed by atoms with Gasteiger partial charge in [0.15, 0.2) is 5.82 Å². The zero-order chi connectivity index (χ0) is 30.3. The maximum absolute atomic E-state index is 15.2. The first kappa shape index (κ1) is 30.8. The molecule has 7 nitrogen and oxygen atoms in total. The van der Waals surface area contributed by atoms with Crippen LogP contribution in [0.25, 0.3) is 0 Å². The number of halogens is 7. The molecule has 1 saturated carbocycles. The van der Waals surface area contributed by atoms with Crippen molar-refractivity contribution in [3.63, 3.8) is 0 Å². The number of amides is 3. The van der Waals surface area contributed by atoms with Crippen molar-refractivity contribution in [1.29, 1.82) is 0 Å². The maximum atomic E-state index is 15.2. The number of carbonyl (C=O) groups is 3. The van der Waals surface area contributed by atoms with E-state index in [1.54, 1.807) is 18.2 Å². The van der Waals surface area contributed by atoms with Crippen LogP contribution in [0.3, 0.4) is 0 Å². The highest BCUT2D eigenvalue weighted by Crippen LogP contribution is 2.65. The molecule has 3 atom stereocenters. The fourth-order valence-corrected chi connectivity index (χ4v) is 6.03. The van der Waals surface area contributed by atoms with Crippen LogP contribution in [-0.4, -0.2) is 35.3 Å². The number of hydrogen-bond donors (Lipinski definition) is 3. The fourth-order valence-electron chi connectivity index (χ4n) is 4.69. The van der Waals surface area contributed by atoms with E-state index in [1.165, 1.54) is 18.2 Å². The molecular formula is C28H20Cl5F2N3O4. The number of rotatable bonds is 7. The van der Waals surface area contributed by atoms with Crippen molar-refractivity contribution in [2.24, 2.45) is 11.8 Å². The Balaban J connectivity index is 1.30. The Labute approximate surface area is 263 Å². The van der Waals surface area contributed by atoms with E-state index in [-0.39, 0.29) is 27.9 Å². The summed E-state index contributed by atoms with van der Waals surface area (Å²) in [6.45, 7) is 0.515. The quantitative estimate of drug-likeness (QED) is 0.224. The highest BCUT2D eigenvalue weighted by atomic mass is 35.5. The molecule has 0 radical (unpaired) electrons. The first-order valence-corrected chi connectivity index (χ1v) is 14.4. The summed E-state index contributed by atoms with van der Waals surface area (Å²) in [7, 11) is 0. The second-order valence-corrected chi connectivity index (χ2v) is 12.4. The summed E-state index contributed by atoms with van der Waals surface area (Å²) < 4.78 is 33.3. The average molecular weight is 678 g/mol. The van der Waals surface area contributed by atoms with Gasteiger partial charge in [0.2, 0.25) is 11.8 Å². The lowest BCUT2D eigenvalue weighted by Gasteiger charge is -2.14. The predicted octanol–water partition coefficient (Wildman–Crippen LogP) is 7.68. The van der Waals surface area contributed by atoms with E-state index >= 15 is 4.39 Å². The average Bonchev–Trinajstić information content (AvgIpc) is 3.25. The molecule has 1 saturated heterocycles. The van der Waals surface area contributed by atoms with Crippen molar-refractivity contribution in [2.75, 3.05) is 29.2 Å². The predicted molar refractivity (Wildman–Crippen MR) is 159 cm³/mol. The van der Waals surface area contributed by atoms with Crippen LogP contribution in [0.1, 0.15) is 28.3 Å². The number of benzene rings is 3. The van der Waals surface area contributed by atoms with Crippen LogP contribution in [0.15, 0.2) is 48.5 Å². The third kappa shape index (κ3) is 6.18. The lowest BCUT2D eigenvalue weighted by Crippen LogP contribution is -2.24. The normalized spacial score (nSPS) is 20.6. The van der Waals surface area contributed by atoms with Gasteiger partial charge in [0.25, 0.3) is 5.91 Å². The Morgan fingerprint density at radius 3 is 2.29 bits per heavy atom. The van der Waals surface area contributed by atoms with Gasteiger partial charge in [-0.15, -0.1) is 23.2 Å². The van der Waals surface area contributed by atoms with Gasteiger partial charge in [-0.05, 0) is 54.4 Å². The van der Waals surface area contributed by atoms with Crippen LogP contribution < -0.4 is 16.0 Å². The van der Waals surface area contributed by atoms with Crippen LogP contribution in [-0.2, 0) is 14.3 Å². The second-order valence-electron chi connectivity index (χ2n) is 9.78. The van der Waals surface area contributed by atoms with Gasteiger partial charge in [-0.3, -0.25) is 14.4 Å². The topological polar surface area (TPSA) is 96.5 Å². The lowest BCUT2D eigenvalue weighted by atomic mass is 10.1. The van der Waals surface area contributed by atoms with Crippen molar-refractivity contribution in [3.05, 3.63) is 86.4 Å². The summed E-state index contributed by atoms with van der Waals surface area (Å²) in [4.78, 5) is 38.5. The lowest BCUT2D eigenvalue weighted by molar-refractivity contribution is -0.120. The van der Waals surface area contributed by atoms with Crippen molar-refractivity contribution < 1.29 is 27.9 Å². The minimum Gasteiger partial charge on any atom is -0.381 e. The third-order valence-electron chi connectivity index (χ3n) is 7.01. The number of ether oxygens (including phenoxy) is 1. The molecule has 0 aromatic heterocycles. The first-order valence-electron chi connectivity index (χ1n) is 12.5. The van der Waals surface area contributed by atoms with Crippen molar-refractivity contribution in [3.8, 4) is 0 Å². The molecule has 3 amide bonds. The molecule has 0 spiro atoms. The molecule has 220 valence electrons. The van der Waals surface area contributed by atoms with Gasteiger partial charge in [0.1, 0.15) is 15.8 Å². The number of anilines is 3. The summed E-state index contributed by atoms with van der Waals surface area (Å²) in [5.74, 6) is -6.14. The van der Waals surface area contributed by atoms with Crippen LogP contribution in [0.2, 0.25) is 15.1 Å². The zero-order valence-electron chi connectivity index (χ0n) is 21.3. The van der Waals surface area contributed by atoms with E-state index in [0.717, 1.165) is 12.1 Å². The van der Waals surface area contributed by atoms with Gasteiger partial charge in [-0.1, -0.05) is 40.9 Å². The number of carbonyl (C=O) groups excluding carboxylic acids is 3. The van der Waals surface area contributed by atoms with Crippen molar-refractivity contribution >= 4 is 92.8 Å². The van der Waals surface area contributed by atoms with Gasteiger partial charge >= 0.3 is 0 Å². The highest BCUT2D eigenvalue weighted by molar-refractivity contribution is 6.53. The van der Waals surface area contributed by atoms with Crippen molar-refractivity contribution in [2.45, 2.75) is 16.7 Å². The van der Waals surface area contributed by atoms with Gasteiger partial charge < -0.3 is 20.7 Å². The smallest absolute Gasteiger partial charge is 0.257 e. The molecule has 42 heavy (non-hydrogen) atoms. The molecular weight excluding hydrogens is 658 g/mol. The summed E-state index contributed by atoms with van der Waals surface area (Å²) in [5.41, 5.74) is -0.416. The molecule has 1 heterocycles. The summed E-state index contributed by atoms with van der Waals surface area (Å²) in [6.07, 6.45) is 0.421. The van der Waals surface area contributed by atoms with Crippen LogP contribution in [0, 0.1) is 23.5 Å². The Hall–Kier alpha value is -2.66. The summed E-state index contributed by atoms with van der Waals surface area (Å²) in [6, 6.07) is 10.8. The first-order chi connectivity index (χ1) is 19.9. The maximum Gasteiger partial charge on any atom is 0.257 e. The number of alkyl halides is 2. The van der Waals surface area contributed by atoms with E-state index in [0.29, 0.717) is 23.6 Å². The molecule has 0 unspecified atom stereocenters.